The van der Waals surface area contributed by atoms with Crippen LogP contribution in [0.15, 0.2) is 39.8 Å². The normalized spacial score (nSPS) is 11.3. The number of nitrogens with one attached hydrogen (secondary N) is 1. The highest BCUT2D eigenvalue weighted by atomic mass is 19.2. The highest BCUT2D eigenvalue weighted by molar-refractivity contribution is 5.90. The van der Waals surface area contributed by atoms with E-state index in [1.807, 2.05) is 0 Å². The van der Waals surface area contributed by atoms with Crippen molar-refractivity contribution in [3.8, 4) is 0 Å². The van der Waals surface area contributed by atoms with Gasteiger partial charge in [0.05, 0.1) is 11.8 Å². The molecule has 8 nitrogen and oxygen atoms in total. The first-order valence-corrected chi connectivity index (χ1v) is 7.48. The molecule has 0 fully saturated rings. The molecular formula is C16H11F2N5O3. The summed E-state index contributed by atoms with van der Waals surface area (Å²) in [6, 6.07) is 4.52. The number of nitrogens with zero attached hydrogens (tertiary/aromatic N) is 4. The van der Waals surface area contributed by atoms with Crippen LogP contribution in [-0.2, 0) is 18.4 Å². The zero-order chi connectivity index (χ0) is 18.4. The summed E-state index contributed by atoms with van der Waals surface area (Å²) < 4.78 is 34.5. The van der Waals surface area contributed by atoms with Crippen molar-refractivity contribution in [2.75, 3.05) is 5.32 Å². The highest BCUT2D eigenvalue weighted by Crippen LogP contribution is 2.22. The summed E-state index contributed by atoms with van der Waals surface area (Å²) >= 11 is 0. The summed E-state index contributed by atoms with van der Waals surface area (Å²) in [7, 11) is 1.58. The Balaban J connectivity index is 1.58. The van der Waals surface area contributed by atoms with E-state index in [2.05, 4.69) is 15.3 Å². The molecule has 0 aliphatic rings. The first kappa shape index (κ1) is 15.9. The fourth-order valence-corrected chi connectivity index (χ4v) is 2.59. The predicted octanol–water partition coefficient (Wildman–Crippen LogP) is 1.79. The molecule has 10 heteroatoms. The summed E-state index contributed by atoms with van der Waals surface area (Å²) in [6.45, 7) is -0.115. The number of benzene rings is 1. The first-order valence-electron chi connectivity index (χ1n) is 7.48. The number of amides is 1. The molecule has 3 aromatic heterocycles. The van der Waals surface area contributed by atoms with E-state index in [1.54, 1.807) is 17.7 Å². The van der Waals surface area contributed by atoms with E-state index in [1.165, 1.54) is 17.0 Å². The van der Waals surface area contributed by atoms with Crippen molar-refractivity contribution in [3.63, 3.8) is 0 Å². The predicted molar refractivity (Wildman–Crippen MR) is 87.5 cm³/mol. The largest absolute Gasteiger partial charge is 0.423 e. The molecule has 132 valence electrons. The minimum atomic E-state index is -1.07. The molecule has 0 radical (unpaired) electrons. The molecule has 1 amide bonds. The number of oxazole rings is 1. The van der Waals surface area contributed by atoms with Gasteiger partial charge in [0.1, 0.15) is 12.1 Å². The van der Waals surface area contributed by atoms with Gasteiger partial charge in [0, 0.05) is 25.2 Å². The monoisotopic (exact) mass is 359 g/mol. The molecule has 0 bridgehead atoms. The number of rotatable bonds is 3. The molecule has 0 saturated heterocycles. The molecule has 4 rings (SSSR count). The van der Waals surface area contributed by atoms with Crippen molar-refractivity contribution >= 4 is 34.2 Å². The van der Waals surface area contributed by atoms with Gasteiger partial charge >= 0.3 is 6.01 Å². The number of carbonyl (C=O) groups excluding carboxylic acids is 1. The van der Waals surface area contributed by atoms with Crippen LogP contribution in [0.25, 0.3) is 22.3 Å². The second kappa shape index (κ2) is 5.76. The smallest absolute Gasteiger partial charge is 0.302 e. The minimum Gasteiger partial charge on any atom is -0.423 e. The molecule has 0 saturated carbocycles. The molecule has 0 aliphatic heterocycles. The van der Waals surface area contributed by atoms with Gasteiger partial charge < -0.3 is 8.98 Å². The molecule has 26 heavy (non-hydrogen) atoms. The van der Waals surface area contributed by atoms with Crippen molar-refractivity contribution in [2.24, 2.45) is 7.05 Å². The lowest BCUT2D eigenvalue weighted by molar-refractivity contribution is -0.116. The Hall–Kier alpha value is -3.56. The van der Waals surface area contributed by atoms with E-state index in [0.717, 1.165) is 12.1 Å². The van der Waals surface area contributed by atoms with E-state index in [4.69, 9.17) is 4.42 Å². The standard InChI is InChI=1S/C16H11F2N5O3/c1-22-14(25)3-2-11-15(22)19-7-23(11)6-13(24)21-16-20-10-4-8(17)9(18)5-12(10)26-16/h2-5,7H,6H2,1H3,(H,20,21,24). The topological polar surface area (TPSA) is 95.0 Å². The fourth-order valence-electron chi connectivity index (χ4n) is 2.59. The zero-order valence-electron chi connectivity index (χ0n) is 13.4. The van der Waals surface area contributed by atoms with Crippen molar-refractivity contribution in [1.29, 1.82) is 0 Å². The average Bonchev–Trinajstić information content (AvgIpc) is 3.15. The van der Waals surface area contributed by atoms with Gasteiger partial charge in [-0.3, -0.25) is 19.5 Å². The Bertz CT molecular complexity index is 1190. The third kappa shape index (κ3) is 2.61. The second-order valence-electron chi connectivity index (χ2n) is 5.61. The van der Waals surface area contributed by atoms with Crippen LogP contribution in [0, 0.1) is 11.6 Å². The Morgan fingerprint density at radius 1 is 1.27 bits per heavy atom. The van der Waals surface area contributed by atoms with Gasteiger partial charge in [0.2, 0.25) is 5.91 Å². The Morgan fingerprint density at radius 2 is 2.04 bits per heavy atom. The quantitative estimate of drug-likeness (QED) is 0.602. The number of carbonyl (C=O) groups is 1. The molecule has 0 unspecified atom stereocenters. The minimum absolute atomic E-state index is 0.0160. The number of hydrogen-bond acceptors (Lipinski definition) is 5. The summed E-state index contributed by atoms with van der Waals surface area (Å²) in [5.41, 5.74) is 0.935. The van der Waals surface area contributed by atoms with Crippen molar-refractivity contribution < 1.29 is 18.0 Å². The van der Waals surface area contributed by atoms with Gasteiger partial charge in [-0.05, 0) is 6.07 Å². The van der Waals surface area contributed by atoms with E-state index in [9.17, 15) is 18.4 Å². The number of aryl methyl sites for hydroxylation is 1. The van der Waals surface area contributed by atoms with Gasteiger partial charge in [-0.1, -0.05) is 0 Å². The third-order valence-electron chi connectivity index (χ3n) is 3.88. The number of imidazole rings is 1. The molecular weight excluding hydrogens is 348 g/mol. The molecule has 0 atom stereocenters. The van der Waals surface area contributed by atoms with E-state index < -0.39 is 17.5 Å². The van der Waals surface area contributed by atoms with Gasteiger partial charge in [-0.2, -0.15) is 4.98 Å². The fraction of sp³-hybridized carbons (Fsp3) is 0.125. The van der Waals surface area contributed by atoms with Crippen LogP contribution in [0.2, 0.25) is 0 Å². The summed E-state index contributed by atoms with van der Waals surface area (Å²) in [5.74, 6) is -2.60. The highest BCUT2D eigenvalue weighted by Gasteiger charge is 2.14. The Labute approximate surface area is 143 Å². The van der Waals surface area contributed by atoms with Crippen LogP contribution in [-0.4, -0.2) is 25.0 Å². The number of aromatic nitrogens is 4. The van der Waals surface area contributed by atoms with Gasteiger partial charge in [-0.25, -0.2) is 13.8 Å². The second-order valence-corrected chi connectivity index (χ2v) is 5.61. The maximum absolute atomic E-state index is 13.2. The molecule has 1 N–H and O–H groups in total. The number of fused-ring (bicyclic) bond motifs is 2. The molecule has 1 aromatic carbocycles. The number of pyridine rings is 1. The van der Waals surface area contributed by atoms with Crippen LogP contribution in [0.5, 0.6) is 0 Å². The first-order chi connectivity index (χ1) is 12.4. The van der Waals surface area contributed by atoms with Crippen LogP contribution in [0.1, 0.15) is 0 Å². The van der Waals surface area contributed by atoms with Gasteiger partial charge in [-0.15, -0.1) is 0 Å². The summed E-state index contributed by atoms with van der Waals surface area (Å²) in [4.78, 5) is 31.8. The summed E-state index contributed by atoms with van der Waals surface area (Å²) in [6.07, 6.45) is 1.43. The van der Waals surface area contributed by atoms with Crippen molar-refractivity contribution in [2.45, 2.75) is 6.54 Å². The van der Waals surface area contributed by atoms with Gasteiger partial charge in [0.25, 0.3) is 5.56 Å². The lowest BCUT2D eigenvalue weighted by Crippen LogP contribution is -2.19. The van der Waals surface area contributed by atoms with Crippen LogP contribution in [0.3, 0.4) is 0 Å². The zero-order valence-corrected chi connectivity index (χ0v) is 13.4. The lowest BCUT2D eigenvalue weighted by atomic mass is 10.3. The lowest BCUT2D eigenvalue weighted by Gasteiger charge is -2.04. The van der Waals surface area contributed by atoms with Crippen molar-refractivity contribution in [3.05, 3.63) is 52.6 Å². The third-order valence-corrected chi connectivity index (χ3v) is 3.88. The number of anilines is 1. The SMILES string of the molecule is Cn1c(=O)ccc2c1ncn2CC(=O)Nc1nc2cc(F)c(F)cc2o1. The maximum Gasteiger partial charge on any atom is 0.302 e. The van der Waals surface area contributed by atoms with Crippen LogP contribution >= 0.6 is 0 Å². The molecule has 4 aromatic rings. The van der Waals surface area contributed by atoms with E-state index >= 15 is 0 Å². The van der Waals surface area contributed by atoms with Crippen LogP contribution < -0.4 is 10.9 Å². The average molecular weight is 359 g/mol. The van der Waals surface area contributed by atoms with Crippen LogP contribution in [0.4, 0.5) is 14.8 Å². The Morgan fingerprint density at radius 3 is 2.85 bits per heavy atom. The number of halogens is 2. The molecule has 3 heterocycles. The molecule has 0 aliphatic carbocycles. The van der Waals surface area contributed by atoms with E-state index in [-0.39, 0.29) is 29.2 Å². The number of hydrogen-bond donors (Lipinski definition) is 1. The van der Waals surface area contributed by atoms with Crippen molar-refractivity contribution in [1.82, 2.24) is 19.1 Å². The molecule has 0 spiro atoms. The van der Waals surface area contributed by atoms with E-state index in [0.29, 0.717) is 11.2 Å². The maximum atomic E-state index is 13.2. The van der Waals surface area contributed by atoms with Gasteiger partial charge in [0.15, 0.2) is 22.9 Å². The Kier molecular flexibility index (Phi) is 3.53. The summed E-state index contributed by atoms with van der Waals surface area (Å²) in [5, 5.41) is 2.42.